The number of carbonyl (C=O) groups excluding carboxylic acids is 2. The Bertz CT molecular complexity index is 1830. The lowest BCUT2D eigenvalue weighted by molar-refractivity contribution is -0.156. The molecular weight excluding hydrogens is 728 g/mol. The van der Waals surface area contributed by atoms with Gasteiger partial charge < -0.3 is 24.8 Å². The predicted molar refractivity (Wildman–Crippen MR) is 186 cm³/mol. The van der Waals surface area contributed by atoms with Gasteiger partial charge in [0.25, 0.3) is 5.91 Å². The van der Waals surface area contributed by atoms with Gasteiger partial charge in [0.2, 0.25) is 0 Å². The zero-order chi connectivity index (χ0) is 33.2. The highest BCUT2D eigenvalue weighted by atomic mass is 79.9. The fourth-order valence-electron chi connectivity index (χ4n) is 4.73. The van der Waals surface area contributed by atoms with Crippen LogP contribution in [0, 0.1) is 0 Å². The summed E-state index contributed by atoms with van der Waals surface area (Å²) in [7, 11) is 0. The molecule has 2 N–H and O–H groups in total. The first-order valence-electron chi connectivity index (χ1n) is 14.7. The van der Waals surface area contributed by atoms with Gasteiger partial charge in [-0.1, -0.05) is 92.5 Å². The van der Waals surface area contributed by atoms with E-state index in [2.05, 4.69) is 37.2 Å². The van der Waals surface area contributed by atoms with E-state index in [1.54, 1.807) is 36.4 Å². The van der Waals surface area contributed by atoms with Crippen molar-refractivity contribution in [1.29, 1.82) is 0 Å². The van der Waals surface area contributed by atoms with Gasteiger partial charge in [-0.15, -0.1) is 0 Å². The number of ether oxygens (including phenoxy) is 2. The van der Waals surface area contributed by atoms with E-state index < -0.39 is 11.9 Å². The lowest BCUT2D eigenvalue weighted by atomic mass is 10.1. The van der Waals surface area contributed by atoms with Crippen LogP contribution in [-0.4, -0.2) is 34.3 Å². The van der Waals surface area contributed by atoms with Gasteiger partial charge in [0.15, 0.2) is 0 Å². The molecule has 0 fully saturated rings. The summed E-state index contributed by atoms with van der Waals surface area (Å²) in [5.41, 5.74) is 2.75. The van der Waals surface area contributed by atoms with Gasteiger partial charge in [-0.3, -0.25) is 9.59 Å². The third kappa shape index (κ3) is 9.54. The number of halogens is 2. The van der Waals surface area contributed by atoms with Crippen molar-refractivity contribution in [3.63, 3.8) is 0 Å². The molecule has 0 bridgehead atoms. The third-order valence-corrected chi connectivity index (χ3v) is 8.49. The molecule has 5 aromatic rings. The van der Waals surface area contributed by atoms with E-state index in [0.717, 1.165) is 17.1 Å². The number of aliphatic carboxylic acids is 1. The number of nitrogens with one attached hydrogen (secondary N) is 1. The zero-order valence-electron chi connectivity index (χ0n) is 25.1. The number of hydrogen-bond acceptors (Lipinski definition) is 5. The van der Waals surface area contributed by atoms with Gasteiger partial charge in [0.05, 0.1) is 0 Å². The van der Waals surface area contributed by atoms with E-state index in [9.17, 15) is 19.5 Å². The van der Waals surface area contributed by atoms with Crippen molar-refractivity contribution in [3.8, 4) is 23.0 Å². The van der Waals surface area contributed by atoms with Crippen molar-refractivity contribution in [2.75, 3.05) is 6.54 Å². The number of carbonyl (C=O) groups is 3. The summed E-state index contributed by atoms with van der Waals surface area (Å²) in [6, 6.07) is 37.0. The van der Waals surface area contributed by atoms with Crippen LogP contribution in [0.3, 0.4) is 0 Å². The lowest BCUT2D eigenvalue weighted by Crippen LogP contribution is -2.35. The lowest BCUT2D eigenvalue weighted by Gasteiger charge is -2.23. The second kappa shape index (κ2) is 16.1. The first-order chi connectivity index (χ1) is 22.7. The second-order valence-corrected chi connectivity index (χ2v) is 12.2. The number of carboxylic acid groups (broad SMARTS) is 1. The monoisotopic (exact) mass is 756 g/mol. The molecule has 0 saturated heterocycles. The Morgan fingerprint density at radius 2 is 1.19 bits per heavy atom. The maximum atomic E-state index is 13.0. The average molecular weight is 758 g/mol. The summed E-state index contributed by atoms with van der Waals surface area (Å²) in [5, 5.41) is 12.5. The van der Waals surface area contributed by atoms with Gasteiger partial charge >= 0.3 is 11.9 Å². The Hall–Kier alpha value is -4.93. The average Bonchev–Trinajstić information content (AvgIpc) is 3.07. The molecule has 8 nitrogen and oxygen atoms in total. The van der Waals surface area contributed by atoms with Crippen LogP contribution in [0.1, 0.15) is 27.0 Å². The molecule has 0 radical (unpaired) electrons. The molecule has 2 amide bonds. The number of para-hydroxylation sites is 2. The van der Waals surface area contributed by atoms with Crippen LogP contribution in [0.5, 0.6) is 23.0 Å². The molecule has 0 aliphatic carbocycles. The van der Waals surface area contributed by atoms with Gasteiger partial charge in [-0.05, 0) is 83.8 Å². The number of hydrogen-bond donors (Lipinski definition) is 2. The van der Waals surface area contributed by atoms with Gasteiger partial charge in [-0.2, -0.15) is 0 Å². The van der Waals surface area contributed by atoms with Crippen molar-refractivity contribution in [1.82, 2.24) is 10.2 Å². The van der Waals surface area contributed by atoms with Crippen LogP contribution in [0.2, 0.25) is 0 Å². The van der Waals surface area contributed by atoms with Crippen LogP contribution in [0.4, 0.5) is 0 Å². The highest BCUT2D eigenvalue weighted by molar-refractivity contribution is 9.11. The summed E-state index contributed by atoms with van der Waals surface area (Å²) >= 11 is 7.05. The number of rotatable bonds is 12. The minimum Gasteiger partial charge on any atom is -0.474 e. The molecule has 47 heavy (non-hydrogen) atoms. The van der Waals surface area contributed by atoms with E-state index in [1.165, 1.54) is 4.90 Å². The van der Waals surface area contributed by atoms with E-state index in [0.29, 0.717) is 50.1 Å². The first-order valence-corrected chi connectivity index (χ1v) is 16.3. The molecule has 5 rings (SSSR count). The Labute approximate surface area is 289 Å². The minimum absolute atomic E-state index is 0.0254. The van der Waals surface area contributed by atoms with Crippen molar-refractivity contribution >= 4 is 49.6 Å². The molecule has 0 aliphatic rings. The largest absolute Gasteiger partial charge is 0.474 e. The van der Waals surface area contributed by atoms with Crippen molar-refractivity contribution in [3.05, 3.63) is 153 Å². The molecule has 0 unspecified atom stereocenters. The zero-order valence-corrected chi connectivity index (χ0v) is 28.2. The Kier molecular flexibility index (Phi) is 11.4. The molecule has 0 saturated carbocycles. The van der Waals surface area contributed by atoms with Crippen molar-refractivity contribution in [2.24, 2.45) is 0 Å². The topological polar surface area (TPSA) is 105 Å². The number of nitrogens with zero attached hydrogens (tertiary/aromatic N) is 1. The molecule has 0 aromatic heterocycles. The fraction of sp³-hybridized carbons (Fsp3) is 0.108. The quantitative estimate of drug-likeness (QED) is 0.124. The number of carboxylic acids is 1. The Morgan fingerprint density at radius 3 is 1.79 bits per heavy atom. The smallest absolute Gasteiger partial charge is 0.394 e. The van der Waals surface area contributed by atoms with Crippen LogP contribution in [0.25, 0.3) is 0 Å². The molecular formula is C37H30Br2N2O6. The second-order valence-electron chi connectivity index (χ2n) is 10.5. The van der Waals surface area contributed by atoms with Crippen molar-refractivity contribution < 1.29 is 29.0 Å². The number of benzene rings is 5. The standard InChI is InChI=1S/C37H30Br2N2O6/c38-33-21-27(35(42)40-19-18-25-14-16-30(17-15-25)46-28-9-3-1-4-10-28)22-34(39)32(33)24-41(36(43)37(44)45)23-26-8-7-13-31(20-26)47-29-11-5-2-6-12-29/h1-17,20-22H,18-19,23-24H2,(H,40,42)(H,44,45). The summed E-state index contributed by atoms with van der Waals surface area (Å²) in [4.78, 5) is 38.7. The summed E-state index contributed by atoms with van der Waals surface area (Å²) in [6.07, 6.45) is 0.627. The van der Waals surface area contributed by atoms with Crippen LogP contribution >= 0.6 is 31.9 Å². The summed E-state index contributed by atoms with van der Waals surface area (Å²) in [6.45, 7) is 0.419. The Morgan fingerprint density at radius 1 is 0.638 bits per heavy atom. The van der Waals surface area contributed by atoms with Gasteiger partial charge in [-0.25, -0.2) is 4.79 Å². The Balaban J connectivity index is 1.21. The maximum Gasteiger partial charge on any atom is 0.394 e. The maximum absolute atomic E-state index is 13.0. The summed E-state index contributed by atoms with van der Waals surface area (Å²) in [5.74, 6) is -0.185. The SMILES string of the molecule is O=C(O)C(=O)N(Cc1cccc(Oc2ccccc2)c1)Cc1c(Br)cc(C(=O)NCCc2ccc(Oc3ccccc3)cc2)cc1Br. The minimum atomic E-state index is -1.57. The van der Waals surface area contributed by atoms with Crippen LogP contribution in [-0.2, 0) is 29.1 Å². The highest BCUT2D eigenvalue weighted by Gasteiger charge is 2.24. The molecule has 0 heterocycles. The third-order valence-electron chi connectivity index (χ3n) is 7.07. The van der Waals surface area contributed by atoms with E-state index >= 15 is 0 Å². The predicted octanol–water partition coefficient (Wildman–Crippen LogP) is 8.38. The van der Waals surface area contributed by atoms with Crippen LogP contribution in [0.15, 0.2) is 130 Å². The molecule has 10 heteroatoms. The highest BCUT2D eigenvalue weighted by Crippen LogP contribution is 2.30. The van der Waals surface area contributed by atoms with Crippen LogP contribution < -0.4 is 14.8 Å². The fourth-order valence-corrected chi connectivity index (χ4v) is 6.17. The van der Waals surface area contributed by atoms with E-state index in [-0.39, 0.29) is 19.0 Å². The normalized spacial score (nSPS) is 10.6. The first kappa shape index (κ1) is 33.4. The van der Waals surface area contributed by atoms with Gasteiger partial charge in [0, 0.05) is 34.1 Å². The number of amides is 2. The molecule has 238 valence electrons. The van der Waals surface area contributed by atoms with Crippen molar-refractivity contribution in [2.45, 2.75) is 19.5 Å². The molecule has 0 spiro atoms. The summed E-state index contributed by atoms with van der Waals surface area (Å²) < 4.78 is 12.8. The van der Waals surface area contributed by atoms with E-state index in [1.807, 2.05) is 84.9 Å². The molecule has 5 aromatic carbocycles. The molecule has 0 aliphatic heterocycles. The van der Waals surface area contributed by atoms with E-state index in [4.69, 9.17) is 9.47 Å². The molecule has 0 atom stereocenters. The van der Waals surface area contributed by atoms with Gasteiger partial charge in [0.1, 0.15) is 23.0 Å².